The maximum absolute atomic E-state index is 6.44. The van der Waals surface area contributed by atoms with Gasteiger partial charge in [-0.05, 0) is 58.0 Å². The van der Waals surface area contributed by atoms with E-state index in [1.54, 1.807) is 0 Å². The summed E-state index contributed by atoms with van der Waals surface area (Å²) in [5.41, 5.74) is 2.82. The first-order chi connectivity index (χ1) is 14.4. The molecule has 0 bridgehead atoms. The highest BCUT2D eigenvalue weighted by Crippen LogP contribution is 2.59. The summed E-state index contributed by atoms with van der Waals surface area (Å²) in [6.07, 6.45) is 0. The van der Waals surface area contributed by atoms with Gasteiger partial charge >= 0.3 is 7.12 Å². The lowest BCUT2D eigenvalue weighted by Gasteiger charge is -2.38. The quantitative estimate of drug-likeness (QED) is 0.340. The Morgan fingerprint density at radius 3 is 1.87 bits per heavy atom. The SMILES string of the molecule is CC1(C)OB(c2ccc3c4c2Oc2ccccc2N4c2ccccc2O3)OC1(C)C. The van der Waals surface area contributed by atoms with Crippen LogP contribution >= 0.6 is 0 Å². The van der Waals surface area contributed by atoms with Crippen molar-refractivity contribution >= 4 is 29.6 Å². The average Bonchev–Trinajstić information content (AvgIpc) is 2.94. The molecule has 0 saturated carbocycles. The number of para-hydroxylation sites is 4. The van der Waals surface area contributed by atoms with Crippen molar-refractivity contribution < 1.29 is 18.8 Å². The highest BCUT2D eigenvalue weighted by molar-refractivity contribution is 6.63. The second kappa shape index (κ2) is 5.81. The minimum Gasteiger partial charge on any atom is -0.453 e. The van der Waals surface area contributed by atoms with E-state index in [1.165, 1.54) is 0 Å². The molecule has 0 N–H and O–H groups in total. The van der Waals surface area contributed by atoms with Crippen LogP contribution in [0.1, 0.15) is 27.7 Å². The zero-order valence-corrected chi connectivity index (χ0v) is 17.4. The van der Waals surface area contributed by atoms with E-state index in [0.717, 1.165) is 39.8 Å². The molecule has 1 fully saturated rings. The Balaban J connectivity index is 1.57. The van der Waals surface area contributed by atoms with Crippen molar-refractivity contribution in [2.75, 3.05) is 4.90 Å². The monoisotopic (exact) mass is 399 g/mol. The largest absolute Gasteiger partial charge is 0.498 e. The lowest BCUT2D eigenvalue weighted by Crippen LogP contribution is -2.41. The highest BCUT2D eigenvalue weighted by Gasteiger charge is 2.53. The van der Waals surface area contributed by atoms with Crippen LogP contribution in [0.15, 0.2) is 60.7 Å². The smallest absolute Gasteiger partial charge is 0.453 e. The van der Waals surface area contributed by atoms with Crippen LogP contribution < -0.4 is 19.8 Å². The third kappa shape index (κ3) is 2.32. The molecule has 30 heavy (non-hydrogen) atoms. The lowest BCUT2D eigenvalue weighted by molar-refractivity contribution is 0.00578. The van der Waals surface area contributed by atoms with Gasteiger partial charge in [0.2, 0.25) is 0 Å². The number of benzene rings is 3. The first kappa shape index (κ1) is 17.9. The van der Waals surface area contributed by atoms with Crippen molar-refractivity contribution in [1.82, 2.24) is 0 Å². The van der Waals surface area contributed by atoms with Crippen LogP contribution in [0.5, 0.6) is 23.0 Å². The maximum Gasteiger partial charge on any atom is 0.498 e. The number of rotatable bonds is 1. The van der Waals surface area contributed by atoms with Gasteiger partial charge in [-0.1, -0.05) is 30.3 Å². The topological polar surface area (TPSA) is 40.2 Å². The number of hydrogen-bond acceptors (Lipinski definition) is 5. The highest BCUT2D eigenvalue weighted by atomic mass is 16.7. The first-order valence-electron chi connectivity index (χ1n) is 10.2. The van der Waals surface area contributed by atoms with Crippen molar-refractivity contribution in [3.63, 3.8) is 0 Å². The fourth-order valence-electron chi connectivity index (χ4n) is 4.18. The number of fused-ring (bicyclic) bond motifs is 4. The molecule has 150 valence electrons. The molecule has 3 aliphatic heterocycles. The first-order valence-corrected chi connectivity index (χ1v) is 10.2. The molecule has 6 heteroatoms. The third-order valence-electron chi connectivity index (χ3n) is 6.50. The summed E-state index contributed by atoms with van der Waals surface area (Å²) >= 11 is 0. The minimum absolute atomic E-state index is 0.435. The van der Waals surface area contributed by atoms with Crippen LogP contribution in [0.3, 0.4) is 0 Å². The van der Waals surface area contributed by atoms with Crippen molar-refractivity contribution in [2.24, 2.45) is 0 Å². The third-order valence-corrected chi connectivity index (χ3v) is 6.50. The van der Waals surface area contributed by atoms with E-state index < -0.39 is 18.3 Å². The van der Waals surface area contributed by atoms with Crippen LogP contribution in [0, 0.1) is 0 Å². The predicted molar refractivity (Wildman–Crippen MR) is 117 cm³/mol. The second-order valence-electron chi connectivity index (χ2n) is 8.89. The molecule has 0 radical (unpaired) electrons. The summed E-state index contributed by atoms with van der Waals surface area (Å²) in [5, 5.41) is 0. The normalized spacial score (nSPS) is 19.3. The lowest BCUT2D eigenvalue weighted by atomic mass is 9.77. The summed E-state index contributed by atoms with van der Waals surface area (Å²) < 4.78 is 25.4. The molecule has 5 nitrogen and oxygen atoms in total. The molecule has 0 aliphatic carbocycles. The Kier molecular flexibility index (Phi) is 3.46. The summed E-state index contributed by atoms with van der Waals surface area (Å²) in [7, 11) is -0.528. The second-order valence-corrected chi connectivity index (χ2v) is 8.89. The molecular formula is C24H22BNO4. The van der Waals surface area contributed by atoms with Gasteiger partial charge in [-0.25, -0.2) is 0 Å². The number of anilines is 3. The Labute approximate surface area is 176 Å². The van der Waals surface area contributed by atoms with Crippen molar-refractivity contribution in [2.45, 2.75) is 38.9 Å². The number of ether oxygens (including phenoxy) is 2. The van der Waals surface area contributed by atoms with E-state index in [1.807, 2.05) is 48.5 Å². The van der Waals surface area contributed by atoms with E-state index in [9.17, 15) is 0 Å². The van der Waals surface area contributed by atoms with Gasteiger partial charge in [0.05, 0.1) is 22.6 Å². The van der Waals surface area contributed by atoms with E-state index in [4.69, 9.17) is 18.8 Å². The molecule has 3 aliphatic rings. The zero-order valence-electron chi connectivity index (χ0n) is 17.4. The van der Waals surface area contributed by atoms with Gasteiger partial charge in [0.15, 0.2) is 23.0 Å². The van der Waals surface area contributed by atoms with Crippen LogP contribution in [-0.4, -0.2) is 18.3 Å². The fraction of sp³-hybridized carbons (Fsp3) is 0.250. The van der Waals surface area contributed by atoms with Gasteiger partial charge in [-0.2, -0.15) is 0 Å². The van der Waals surface area contributed by atoms with Crippen molar-refractivity contribution in [3.05, 3.63) is 60.7 Å². The van der Waals surface area contributed by atoms with Gasteiger partial charge in [0.1, 0.15) is 5.69 Å². The Morgan fingerprint density at radius 1 is 0.667 bits per heavy atom. The predicted octanol–water partition coefficient (Wildman–Crippen LogP) is 5.67. The fourth-order valence-corrected chi connectivity index (χ4v) is 4.18. The maximum atomic E-state index is 6.44. The molecule has 6 rings (SSSR count). The molecule has 0 unspecified atom stereocenters. The number of nitrogens with zero attached hydrogens (tertiary/aromatic N) is 1. The van der Waals surface area contributed by atoms with Gasteiger partial charge < -0.3 is 18.8 Å². The van der Waals surface area contributed by atoms with Gasteiger partial charge in [0.25, 0.3) is 0 Å². The van der Waals surface area contributed by atoms with Crippen LogP contribution in [0.25, 0.3) is 0 Å². The molecule has 3 aromatic carbocycles. The molecule has 0 spiro atoms. The summed E-state index contributed by atoms with van der Waals surface area (Å²) in [6, 6.07) is 20.0. The van der Waals surface area contributed by atoms with Crippen LogP contribution in [0.2, 0.25) is 0 Å². The Bertz CT molecular complexity index is 1160. The number of hydrogen-bond donors (Lipinski definition) is 0. The Morgan fingerprint density at radius 2 is 1.23 bits per heavy atom. The summed E-state index contributed by atoms with van der Waals surface area (Å²) in [4.78, 5) is 2.21. The summed E-state index contributed by atoms with van der Waals surface area (Å²) in [6.45, 7) is 8.22. The van der Waals surface area contributed by atoms with Gasteiger partial charge in [-0.15, -0.1) is 0 Å². The van der Waals surface area contributed by atoms with Crippen LogP contribution in [-0.2, 0) is 9.31 Å². The van der Waals surface area contributed by atoms with E-state index in [2.05, 4.69) is 44.7 Å². The molecule has 0 atom stereocenters. The molecule has 0 amide bonds. The average molecular weight is 399 g/mol. The minimum atomic E-state index is -0.528. The molecule has 1 saturated heterocycles. The van der Waals surface area contributed by atoms with Gasteiger partial charge in [-0.3, -0.25) is 4.90 Å². The molecule has 3 heterocycles. The zero-order chi connectivity index (χ0) is 20.7. The molecular weight excluding hydrogens is 377 g/mol. The van der Waals surface area contributed by atoms with Crippen molar-refractivity contribution in [3.8, 4) is 23.0 Å². The molecule has 0 aromatic heterocycles. The van der Waals surface area contributed by atoms with E-state index in [0.29, 0.717) is 5.75 Å². The van der Waals surface area contributed by atoms with Gasteiger partial charge in [0, 0.05) is 5.46 Å². The van der Waals surface area contributed by atoms with E-state index >= 15 is 0 Å². The Hall–Kier alpha value is -2.96. The van der Waals surface area contributed by atoms with E-state index in [-0.39, 0.29) is 0 Å². The van der Waals surface area contributed by atoms with Crippen molar-refractivity contribution in [1.29, 1.82) is 0 Å². The summed E-state index contributed by atoms with van der Waals surface area (Å²) in [5.74, 6) is 3.06. The van der Waals surface area contributed by atoms with Crippen LogP contribution in [0.4, 0.5) is 17.1 Å². The molecule has 3 aromatic rings. The standard InChI is InChI=1S/C24H22BNO4/c1-23(2)24(3,4)30-25(29-23)15-13-14-20-21-22(15)28-19-12-8-6-10-17(19)26(21)16-9-5-7-11-18(16)27-20/h5-14H,1-4H3.